The lowest BCUT2D eigenvalue weighted by Crippen LogP contribution is -2.23. The van der Waals surface area contributed by atoms with Crippen LogP contribution in [0.25, 0.3) is 0 Å². The van der Waals surface area contributed by atoms with Crippen LogP contribution in [0.3, 0.4) is 0 Å². The number of ether oxygens (including phenoxy) is 2. The number of rotatable bonds is 8. The number of nitrogens with one attached hydrogen (secondary N) is 1. The molecule has 0 heterocycles. The Bertz CT molecular complexity index is 682. The fourth-order valence-corrected chi connectivity index (χ4v) is 2.34. The third-order valence-corrected chi connectivity index (χ3v) is 3.88. The maximum absolute atomic E-state index is 12.4. The molecule has 0 atom stereocenters. The van der Waals surface area contributed by atoms with Gasteiger partial charge in [0.25, 0.3) is 5.91 Å². The third-order valence-electron chi connectivity index (χ3n) is 3.88. The molecule has 4 heteroatoms. The van der Waals surface area contributed by atoms with Crippen LogP contribution in [0.5, 0.6) is 11.5 Å². The Hall–Kier alpha value is -2.49. The van der Waals surface area contributed by atoms with Crippen molar-refractivity contribution in [3.05, 3.63) is 59.2 Å². The van der Waals surface area contributed by atoms with Crippen molar-refractivity contribution in [3.63, 3.8) is 0 Å². The van der Waals surface area contributed by atoms with E-state index in [1.807, 2.05) is 31.2 Å². The monoisotopic (exact) mass is 327 g/mol. The summed E-state index contributed by atoms with van der Waals surface area (Å²) in [6, 6.07) is 13.3. The number of unbranched alkanes of at least 4 members (excludes halogenated alkanes) is 1. The quantitative estimate of drug-likeness (QED) is 0.742. The molecule has 2 aromatic rings. The van der Waals surface area contributed by atoms with Gasteiger partial charge in [-0.1, -0.05) is 37.6 Å². The van der Waals surface area contributed by atoms with Gasteiger partial charge in [0.1, 0.15) is 0 Å². The van der Waals surface area contributed by atoms with Gasteiger partial charge in [0.15, 0.2) is 11.5 Å². The van der Waals surface area contributed by atoms with Crippen molar-refractivity contribution in [1.82, 2.24) is 5.32 Å². The molecule has 2 rings (SSSR count). The van der Waals surface area contributed by atoms with Crippen LogP contribution in [-0.2, 0) is 6.54 Å². The zero-order valence-electron chi connectivity index (χ0n) is 14.6. The van der Waals surface area contributed by atoms with Gasteiger partial charge in [0, 0.05) is 12.1 Å². The van der Waals surface area contributed by atoms with E-state index in [1.54, 1.807) is 25.3 Å². The average Bonchev–Trinajstić information content (AvgIpc) is 2.61. The largest absolute Gasteiger partial charge is 0.493 e. The highest BCUT2D eigenvalue weighted by Gasteiger charge is 2.11. The first-order chi connectivity index (χ1) is 11.7. The summed E-state index contributed by atoms with van der Waals surface area (Å²) in [7, 11) is 1.58. The van der Waals surface area contributed by atoms with Crippen LogP contribution in [-0.4, -0.2) is 19.6 Å². The normalized spacial score (nSPS) is 10.3. The number of methoxy groups -OCH3 is 1. The first-order valence-corrected chi connectivity index (χ1v) is 8.29. The fraction of sp³-hybridized carbons (Fsp3) is 0.350. The van der Waals surface area contributed by atoms with Gasteiger partial charge in [-0.25, -0.2) is 0 Å². The predicted octanol–water partition coefficient (Wildman–Crippen LogP) is 4.11. The lowest BCUT2D eigenvalue weighted by atomic mass is 10.1. The van der Waals surface area contributed by atoms with Gasteiger partial charge in [-0.3, -0.25) is 4.79 Å². The molecule has 0 radical (unpaired) electrons. The van der Waals surface area contributed by atoms with Crippen LogP contribution in [0, 0.1) is 6.92 Å². The van der Waals surface area contributed by atoms with E-state index in [0.29, 0.717) is 30.2 Å². The maximum Gasteiger partial charge on any atom is 0.251 e. The third kappa shape index (κ3) is 4.75. The van der Waals surface area contributed by atoms with Crippen molar-refractivity contribution in [2.75, 3.05) is 13.7 Å². The highest BCUT2D eigenvalue weighted by molar-refractivity contribution is 5.94. The molecule has 1 N–H and O–H groups in total. The van der Waals surface area contributed by atoms with E-state index in [9.17, 15) is 4.79 Å². The van der Waals surface area contributed by atoms with Gasteiger partial charge >= 0.3 is 0 Å². The molecule has 0 aliphatic rings. The Balaban J connectivity index is 2.02. The zero-order chi connectivity index (χ0) is 17.4. The molecule has 0 aliphatic heterocycles. The van der Waals surface area contributed by atoms with Gasteiger partial charge in [-0.05, 0) is 42.7 Å². The predicted molar refractivity (Wildman–Crippen MR) is 95.7 cm³/mol. The van der Waals surface area contributed by atoms with Gasteiger partial charge in [0.2, 0.25) is 0 Å². The van der Waals surface area contributed by atoms with Crippen LogP contribution >= 0.6 is 0 Å². The molecular weight excluding hydrogens is 302 g/mol. The Kier molecular flexibility index (Phi) is 6.67. The van der Waals surface area contributed by atoms with Crippen molar-refractivity contribution >= 4 is 5.91 Å². The van der Waals surface area contributed by atoms with E-state index in [0.717, 1.165) is 24.0 Å². The minimum Gasteiger partial charge on any atom is -0.493 e. The van der Waals surface area contributed by atoms with Crippen LogP contribution in [0.4, 0.5) is 0 Å². The zero-order valence-corrected chi connectivity index (χ0v) is 14.6. The Morgan fingerprint density at radius 2 is 1.92 bits per heavy atom. The molecule has 2 aromatic carbocycles. The minimum absolute atomic E-state index is 0.128. The SMILES string of the molecule is CCCCOc1ccc(C(=O)NCc2ccccc2C)cc1OC. The first kappa shape index (κ1) is 17.9. The number of aryl methyl sites for hydroxylation is 1. The summed E-state index contributed by atoms with van der Waals surface area (Å²) in [5.41, 5.74) is 2.83. The number of amides is 1. The highest BCUT2D eigenvalue weighted by atomic mass is 16.5. The summed E-state index contributed by atoms with van der Waals surface area (Å²) >= 11 is 0. The lowest BCUT2D eigenvalue weighted by molar-refractivity contribution is 0.0950. The van der Waals surface area contributed by atoms with E-state index in [1.165, 1.54) is 0 Å². The second-order valence-corrected chi connectivity index (χ2v) is 5.68. The smallest absolute Gasteiger partial charge is 0.251 e. The summed E-state index contributed by atoms with van der Waals surface area (Å²) in [5, 5.41) is 2.94. The van der Waals surface area contributed by atoms with E-state index in [2.05, 4.69) is 12.2 Å². The number of carbonyl (C=O) groups excluding carboxylic acids is 1. The topological polar surface area (TPSA) is 47.6 Å². The summed E-state index contributed by atoms with van der Waals surface area (Å²) in [5.74, 6) is 1.12. The molecule has 0 spiro atoms. The molecule has 0 aliphatic carbocycles. The van der Waals surface area contributed by atoms with Crippen molar-refractivity contribution < 1.29 is 14.3 Å². The number of benzene rings is 2. The maximum atomic E-state index is 12.4. The second kappa shape index (κ2) is 8.96. The Morgan fingerprint density at radius 1 is 1.12 bits per heavy atom. The van der Waals surface area contributed by atoms with Crippen molar-refractivity contribution in [2.45, 2.75) is 33.2 Å². The number of hydrogen-bond donors (Lipinski definition) is 1. The van der Waals surface area contributed by atoms with Gasteiger partial charge in [-0.2, -0.15) is 0 Å². The summed E-state index contributed by atoms with van der Waals surface area (Å²) in [6.45, 7) is 5.30. The molecule has 0 aromatic heterocycles. The van der Waals surface area contributed by atoms with E-state index < -0.39 is 0 Å². The standard InChI is InChI=1S/C20H25NO3/c1-4-5-12-24-18-11-10-16(13-19(18)23-3)20(22)21-14-17-9-7-6-8-15(17)2/h6-11,13H,4-5,12,14H2,1-3H3,(H,21,22). The molecule has 0 bridgehead atoms. The van der Waals surface area contributed by atoms with Gasteiger partial charge in [0.05, 0.1) is 13.7 Å². The van der Waals surface area contributed by atoms with Crippen LogP contribution in [0.15, 0.2) is 42.5 Å². The van der Waals surface area contributed by atoms with Crippen LogP contribution < -0.4 is 14.8 Å². The second-order valence-electron chi connectivity index (χ2n) is 5.68. The molecule has 0 unspecified atom stereocenters. The van der Waals surface area contributed by atoms with Crippen molar-refractivity contribution in [1.29, 1.82) is 0 Å². The van der Waals surface area contributed by atoms with Gasteiger partial charge < -0.3 is 14.8 Å². The molecule has 0 fully saturated rings. The average molecular weight is 327 g/mol. The number of carbonyl (C=O) groups is 1. The summed E-state index contributed by atoms with van der Waals surface area (Å²) in [4.78, 5) is 12.4. The fourth-order valence-electron chi connectivity index (χ4n) is 2.34. The molecular formula is C20H25NO3. The lowest BCUT2D eigenvalue weighted by Gasteiger charge is -2.12. The summed E-state index contributed by atoms with van der Waals surface area (Å²) in [6.07, 6.45) is 2.06. The molecule has 0 saturated carbocycles. The Labute approximate surface area is 143 Å². The minimum atomic E-state index is -0.128. The molecule has 128 valence electrons. The van der Waals surface area contributed by atoms with Crippen molar-refractivity contribution in [2.24, 2.45) is 0 Å². The van der Waals surface area contributed by atoms with E-state index in [4.69, 9.17) is 9.47 Å². The van der Waals surface area contributed by atoms with E-state index >= 15 is 0 Å². The van der Waals surface area contributed by atoms with Crippen LogP contribution in [0.1, 0.15) is 41.3 Å². The van der Waals surface area contributed by atoms with Gasteiger partial charge in [-0.15, -0.1) is 0 Å². The molecule has 4 nitrogen and oxygen atoms in total. The number of hydrogen-bond acceptors (Lipinski definition) is 3. The van der Waals surface area contributed by atoms with Crippen molar-refractivity contribution in [3.8, 4) is 11.5 Å². The molecule has 1 amide bonds. The first-order valence-electron chi connectivity index (χ1n) is 8.29. The summed E-state index contributed by atoms with van der Waals surface area (Å²) < 4.78 is 11.0. The van der Waals surface area contributed by atoms with Crippen LogP contribution in [0.2, 0.25) is 0 Å². The molecule has 24 heavy (non-hydrogen) atoms. The molecule has 0 saturated heterocycles. The van der Waals surface area contributed by atoms with E-state index in [-0.39, 0.29) is 5.91 Å². The Morgan fingerprint density at radius 3 is 2.62 bits per heavy atom. The highest BCUT2D eigenvalue weighted by Crippen LogP contribution is 2.28.